The summed E-state index contributed by atoms with van der Waals surface area (Å²) < 4.78 is 35.4. The Kier molecular flexibility index (Phi) is 8.62. The van der Waals surface area contributed by atoms with Gasteiger partial charge in [-0.1, -0.05) is 54.6 Å². The minimum Gasteiger partial charge on any atom is -0.461 e. The molecule has 6 rings (SSSR count). The van der Waals surface area contributed by atoms with E-state index in [0.717, 1.165) is 0 Å². The SMILES string of the molecule is C[C@]1(COC(=O)c2ccccc2)O[C@H](Oc2ccc3ccc(=O)oc3c2)[C@H](OC(=O)c2ccccc2)[C@@H]1OC(=O)c1ccccc1. The summed E-state index contributed by atoms with van der Waals surface area (Å²) in [5.74, 6) is -1.86. The summed E-state index contributed by atoms with van der Waals surface area (Å²) in [6, 6.07) is 32.6. The maximum Gasteiger partial charge on any atom is 0.338 e. The van der Waals surface area contributed by atoms with Crippen LogP contribution in [0.4, 0.5) is 0 Å². The van der Waals surface area contributed by atoms with Crippen LogP contribution in [0.5, 0.6) is 5.75 Å². The lowest BCUT2D eigenvalue weighted by Gasteiger charge is -2.30. The Morgan fingerprint density at radius 1 is 0.696 bits per heavy atom. The van der Waals surface area contributed by atoms with Gasteiger partial charge in [0.15, 0.2) is 6.10 Å². The molecule has 4 aromatic carbocycles. The third-order valence-corrected chi connectivity index (χ3v) is 7.40. The highest BCUT2D eigenvalue weighted by atomic mass is 16.7. The summed E-state index contributed by atoms with van der Waals surface area (Å²) in [4.78, 5) is 51.5. The molecular weight excluding hydrogens is 592 g/mol. The zero-order chi connectivity index (χ0) is 32.1. The van der Waals surface area contributed by atoms with E-state index in [1.165, 1.54) is 12.1 Å². The topological polar surface area (TPSA) is 128 Å². The van der Waals surface area contributed by atoms with Crippen molar-refractivity contribution in [2.75, 3.05) is 6.61 Å². The Labute approximate surface area is 263 Å². The van der Waals surface area contributed by atoms with Gasteiger partial charge in [-0.25, -0.2) is 19.2 Å². The van der Waals surface area contributed by atoms with E-state index < -0.39 is 47.6 Å². The van der Waals surface area contributed by atoms with Gasteiger partial charge >= 0.3 is 23.5 Å². The van der Waals surface area contributed by atoms with Crippen molar-refractivity contribution in [1.29, 1.82) is 0 Å². The van der Waals surface area contributed by atoms with Crippen molar-refractivity contribution in [3.8, 4) is 5.75 Å². The zero-order valence-corrected chi connectivity index (χ0v) is 24.6. The third kappa shape index (κ3) is 6.67. The second-order valence-corrected chi connectivity index (χ2v) is 10.7. The molecule has 0 amide bonds. The molecule has 5 aromatic rings. The fourth-order valence-electron chi connectivity index (χ4n) is 5.04. The second-order valence-electron chi connectivity index (χ2n) is 10.7. The number of carbonyl (C=O) groups is 3. The summed E-state index contributed by atoms with van der Waals surface area (Å²) in [5, 5.41) is 0.652. The first-order valence-corrected chi connectivity index (χ1v) is 14.4. The Hall–Kier alpha value is -5.74. The summed E-state index contributed by atoms with van der Waals surface area (Å²) >= 11 is 0. The van der Waals surface area contributed by atoms with Gasteiger partial charge in [0, 0.05) is 17.5 Å². The van der Waals surface area contributed by atoms with Gasteiger partial charge in [-0.3, -0.25) is 0 Å². The molecule has 0 spiro atoms. The van der Waals surface area contributed by atoms with Crippen molar-refractivity contribution in [2.45, 2.75) is 31.0 Å². The highest BCUT2D eigenvalue weighted by molar-refractivity contribution is 5.91. The fourth-order valence-corrected chi connectivity index (χ4v) is 5.04. The molecule has 1 aliphatic heterocycles. The highest BCUT2D eigenvalue weighted by Crippen LogP contribution is 2.38. The lowest BCUT2D eigenvalue weighted by atomic mass is 9.97. The zero-order valence-electron chi connectivity index (χ0n) is 24.6. The Morgan fingerprint density at radius 3 is 1.85 bits per heavy atom. The van der Waals surface area contributed by atoms with Crippen LogP contribution < -0.4 is 10.4 Å². The van der Waals surface area contributed by atoms with Crippen molar-refractivity contribution in [2.24, 2.45) is 0 Å². The molecule has 0 aliphatic carbocycles. The van der Waals surface area contributed by atoms with Crippen molar-refractivity contribution >= 4 is 28.9 Å². The van der Waals surface area contributed by atoms with E-state index >= 15 is 0 Å². The monoisotopic (exact) mass is 620 g/mol. The van der Waals surface area contributed by atoms with Crippen LogP contribution in [0.25, 0.3) is 11.0 Å². The number of ether oxygens (including phenoxy) is 5. The standard InChI is InChI=1S/C36H28O10/c1-36(22-41-32(38)24-11-5-2-6-12-24)31(45-34(40)26-15-9-4-10-16-26)30(44-33(39)25-13-7-3-8-14-25)35(46-36)42-27-19-17-23-18-20-29(37)43-28(23)21-27/h2-21,30-31,35H,22H2,1H3/t30-,31+,35+,36-/m1/s1. The van der Waals surface area contributed by atoms with Crippen molar-refractivity contribution in [3.63, 3.8) is 0 Å². The number of esters is 3. The average Bonchev–Trinajstić information content (AvgIpc) is 3.33. The maximum atomic E-state index is 13.4. The van der Waals surface area contributed by atoms with Crippen LogP contribution in [-0.2, 0) is 18.9 Å². The summed E-state index contributed by atoms with van der Waals surface area (Å²) in [6.45, 7) is 1.18. The first kappa shape index (κ1) is 30.3. The van der Waals surface area contributed by atoms with Crippen molar-refractivity contribution in [3.05, 3.63) is 148 Å². The van der Waals surface area contributed by atoms with E-state index in [2.05, 4.69) is 0 Å². The fraction of sp³-hybridized carbons (Fsp3) is 0.167. The molecule has 0 bridgehead atoms. The number of rotatable bonds is 9. The minimum atomic E-state index is -1.55. The average molecular weight is 621 g/mol. The lowest BCUT2D eigenvalue weighted by Crippen LogP contribution is -2.49. The molecule has 1 aliphatic rings. The molecule has 46 heavy (non-hydrogen) atoms. The molecule has 1 fully saturated rings. The van der Waals surface area contributed by atoms with E-state index in [-0.39, 0.29) is 29.1 Å². The number of fused-ring (bicyclic) bond motifs is 1. The van der Waals surface area contributed by atoms with Crippen LogP contribution in [0.2, 0.25) is 0 Å². The normalized spacial score (nSPS) is 20.5. The molecular formula is C36H28O10. The van der Waals surface area contributed by atoms with Crippen LogP contribution in [0.1, 0.15) is 38.0 Å². The van der Waals surface area contributed by atoms with Gasteiger partial charge in [-0.05, 0) is 61.5 Å². The van der Waals surface area contributed by atoms with Gasteiger partial charge in [0.2, 0.25) is 12.4 Å². The Morgan fingerprint density at radius 2 is 1.24 bits per heavy atom. The van der Waals surface area contributed by atoms with E-state index in [0.29, 0.717) is 10.9 Å². The van der Waals surface area contributed by atoms with E-state index in [1.54, 1.807) is 116 Å². The third-order valence-electron chi connectivity index (χ3n) is 7.40. The quantitative estimate of drug-likeness (QED) is 0.117. The van der Waals surface area contributed by atoms with Crippen molar-refractivity contribution in [1.82, 2.24) is 0 Å². The molecule has 4 atom stereocenters. The summed E-state index contributed by atoms with van der Waals surface area (Å²) in [6.07, 6.45) is -3.99. The molecule has 10 nitrogen and oxygen atoms in total. The van der Waals surface area contributed by atoms with E-state index in [9.17, 15) is 19.2 Å². The van der Waals surface area contributed by atoms with Gasteiger partial charge in [0.1, 0.15) is 23.5 Å². The number of hydrogen-bond donors (Lipinski definition) is 0. The summed E-state index contributed by atoms with van der Waals surface area (Å²) in [7, 11) is 0. The van der Waals surface area contributed by atoms with Gasteiger partial charge in [-0.2, -0.15) is 0 Å². The molecule has 1 aromatic heterocycles. The van der Waals surface area contributed by atoms with Gasteiger partial charge in [-0.15, -0.1) is 0 Å². The number of hydrogen-bond acceptors (Lipinski definition) is 10. The number of benzene rings is 4. The first-order valence-electron chi connectivity index (χ1n) is 14.4. The van der Waals surface area contributed by atoms with Crippen LogP contribution in [0.3, 0.4) is 0 Å². The van der Waals surface area contributed by atoms with Gasteiger partial charge < -0.3 is 28.1 Å². The molecule has 10 heteroatoms. The maximum absolute atomic E-state index is 13.4. The number of carbonyl (C=O) groups excluding carboxylic acids is 3. The van der Waals surface area contributed by atoms with E-state index in [1.807, 2.05) is 0 Å². The van der Waals surface area contributed by atoms with Crippen molar-refractivity contribution < 1.29 is 42.5 Å². The van der Waals surface area contributed by atoms with Crippen LogP contribution in [0, 0.1) is 0 Å². The van der Waals surface area contributed by atoms with Crippen LogP contribution >= 0.6 is 0 Å². The van der Waals surface area contributed by atoms with Crippen LogP contribution in [-0.4, -0.2) is 48.6 Å². The van der Waals surface area contributed by atoms with Gasteiger partial charge in [0.25, 0.3) is 0 Å². The van der Waals surface area contributed by atoms with E-state index in [4.69, 9.17) is 28.1 Å². The molecule has 0 saturated carbocycles. The highest BCUT2D eigenvalue weighted by Gasteiger charge is 2.59. The Bertz CT molecular complexity index is 1910. The predicted octanol–water partition coefficient (Wildman–Crippen LogP) is 5.60. The molecule has 0 N–H and O–H groups in total. The molecule has 0 radical (unpaired) electrons. The van der Waals surface area contributed by atoms with Crippen LogP contribution in [0.15, 0.2) is 131 Å². The predicted molar refractivity (Wildman–Crippen MR) is 164 cm³/mol. The minimum absolute atomic E-state index is 0.214. The lowest BCUT2D eigenvalue weighted by molar-refractivity contribution is -0.156. The smallest absolute Gasteiger partial charge is 0.338 e. The Balaban J connectivity index is 1.36. The molecule has 1 saturated heterocycles. The largest absolute Gasteiger partial charge is 0.461 e. The molecule has 2 heterocycles. The van der Waals surface area contributed by atoms with Gasteiger partial charge in [0.05, 0.1) is 16.7 Å². The molecule has 232 valence electrons. The second kappa shape index (κ2) is 13.1. The first-order chi connectivity index (χ1) is 22.3. The summed E-state index contributed by atoms with van der Waals surface area (Å²) in [5.41, 5.74) is -1.05. The molecule has 0 unspecified atom stereocenters.